The summed E-state index contributed by atoms with van der Waals surface area (Å²) in [7, 11) is 1.70. The Bertz CT molecular complexity index is 543. The number of aliphatic hydroxyl groups excluding tert-OH is 1. The molecular weight excluding hydrogens is 330 g/mol. The summed E-state index contributed by atoms with van der Waals surface area (Å²) in [4.78, 5) is 4.70. The van der Waals surface area contributed by atoms with Gasteiger partial charge in [-0.25, -0.2) is 4.99 Å². The number of nitrogens with zero attached hydrogens (tertiary/aromatic N) is 1. The third-order valence-corrected chi connectivity index (χ3v) is 4.46. The second-order valence-electron chi connectivity index (χ2n) is 6.69. The van der Waals surface area contributed by atoms with E-state index in [2.05, 4.69) is 23.6 Å². The third-order valence-electron chi connectivity index (χ3n) is 4.46. The van der Waals surface area contributed by atoms with E-state index in [1.165, 1.54) is 0 Å². The second kappa shape index (κ2) is 11.8. The van der Waals surface area contributed by atoms with Gasteiger partial charge in [0.2, 0.25) is 0 Å². The maximum atomic E-state index is 9.64. The Morgan fingerprint density at radius 3 is 2.77 bits per heavy atom. The van der Waals surface area contributed by atoms with Gasteiger partial charge in [-0.1, -0.05) is 12.1 Å². The zero-order valence-corrected chi connectivity index (χ0v) is 16.0. The molecular formula is C20H33N3O3. The molecule has 6 nitrogen and oxygen atoms in total. The average Bonchev–Trinajstić information content (AvgIpc) is 2.66. The summed E-state index contributed by atoms with van der Waals surface area (Å²) < 4.78 is 10.8. The molecule has 146 valence electrons. The van der Waals surface area contributed by atoms with Crippen LogP contribution in [0.1, 0.15) is 44.6 Å². The van der Waals surface area contributed by atoms with Gasteiger partial charge in [-0.05, 0) is 50.3 Å². The fraction of sp³-hybridized carbons (Fsp3) is 0.650. The standard InChI is InChI=1S/C20H33N3O3/c1-3-21-20(23-17-8-10-18(24)11-9-17)22-15-16-6-4-7-19(14-16)26-13-5-12-25-2/h4,6-7,14,17-18,24H,3,5,8-13,15H2,1-2H3,(H2,21,22,23). The summed E-state index contributed by atoms with van der Waals surface area (Å²) >= 11 is 0. The minimum Gasteiger partial charge on any atom is -0.493 e. The first-order valence-electron chi connectivity index (χ1n) is 9.65. The highest BCUT2D eigenvalue weighted by Crippen LogP contribution is 2.18. The lowest BCUT2D eigenvalue weighted by Gasteiger charge is -2.27. The SMILES string of the molecule is CCNC(=NCc1cccc(OCCCOC)c1)NC1CCC(O)CC1. The van der Waals surface area contributed by atoms with Gasteiger partial charge in [0.05, 0.1) is 19.3 Å². The first-order valence-corrected chi connectivity index (χ1v) is 9.65. The van der Waals surface area contributed by atoms with Gasteiger partial charge >= 0.3 is 0 Å². The van der Waals surface area contributed by atoms with Crippen molar-refractivity contribution in [2.45, 2.75) is 57.7 Å². The minimum absolute atomic E-state index is 0.140. The molecule has 0 unspecified atom stereocenters. The van der Waals surface area contributed by atoms with Crippen molar-refractivity contribution in [3.05, 3.63) is 29.8 Å². The van der Waals surface area contributed by atoms with Crippen LogP contribution in [-0.4, -0.2) is 50.1 Å². The minimum atomic E-state index is -0.140. The lowest BCUT2D eigenvalue weighted by Crippen LogP contribution is -2.45. The number of aliphatic imine (C=N–C) groups is 1. The first kappa shape index (κ1) is 20.5. The Hall–Kier alpha value is -1.79. The number of aliphatic hydroxyl groups is 1. The van der Waals surface area contributed by atoms with Crippen LogP contribution >= 0.6 is 0 Å². The molecule has 26 heavy (non-hydrogen) atoms. The smallest absolute Gasteiger partial charge is 0.191 e. The van der Waals surface area contributed by atoms with Crippen LogP contribution in [0.5, 0.6) is 5.75 Å². The van der Waals surface area contributed by atoms with Crippen molar-refractivity contribution in [3.8, 4) is 5.75 Å². The predicted molar refractivity (Wildman–Crippen MR) is 105 cm³/mol. The van der Waals surface area contributed by atoms with E-state index >= 15 is 0 Å². The number of rotatable bonds is 9. The molecule has 1 fully saturated rings. The van der Waals surface area contributed by atoms with Gasteiger partial charge in [0.25, 0.3) is 0 Å². The molecule has 0 aromatic heterocycles. The Kier molecular flexibility index (Phi) is 9.28. The molecule has 0 heterocycles. The molecule has 1 aromatic carbocycles. The number of ether oxygens (including phenoxy) is 2. The zero-order chi connectivity index (χ0) is 18.6. The van der Waals surface area contributed by atoms with Crippen LogP contribution in [0.4, 0.5) is 0 Å². The Balaban J connectivity index is 1.87. The second-order valence-corrected chi connectivity index (χ2v) is 6.69. The van der Waals surface area contributed by atoms with Crippen LogP contribution in [0, 0.1) is 0 Å². The molecule has 1 aromatic rings. The fourth-order valence-corrected chi connectivity index (χ4v) is 3.03. The number of hydrogen-bond acceptors (Lipinski definition) is 4. The highest BCUT2D eigenvalue weighted by molar-refractivity contribution is 5.80. The zero-order valence-electron chi connectivity index (χ0n) is 16.0. The Morgan fingerprint density at radius 1 is 1.23 bits per heavy atom. The predicted octanol–water partition coefficient (Wildman–Crippen LogP) is 2.46. The lowest BCUT2D eigenvalue weighted by molar-refractivity contribution is 0.120. The highest BCUT2D eigenvalue weighted by atomic mass is 16.5. The summed E-state index contributed by atoms with van der Waals surface area (Å²) in [6.07, 6.45) is 4.43. The Labute approximate surface area is 157 Å². The maximum absolute atomic E-state index is 9.64. The van der Waals surface area contributed by atoms with Crippen molar-refractivity contribution in [3.63, 3.8) is 0 Å². The molecule has 0 saturated heterocycles. The van der Waals surface area contributed by atoms with Crippen molar-refractivity contribution in [2.75, 3.05) is 26.9 Å². The van der Waals surface area contributed by atoms with Crippen LogP contribution in [0.3, 0.4) is 0 Å². The van der Waals surface area contributed by atoms with E-state index in [0.717, 1.165) is 55.9 Å². The summed E-state index contributed by atoms with van der Waals surface area (Å²) in [5.74, 6) is 1.70. The molecule has 1 aliphatic carbocycles. The molecule has 1 saturated carbocycles. The number of hydrogen-bond donors (Lipinski definition) is 3. The first-order chi connectivity index (χ1) is 12.7. The van der Waals surface area contributed by atoms with E-state index in [4.69, 9.17) is 14.5 Å². The Morgan fingerprint density at radius 2 is 2.04 bits per heavy atom. The van der Waals surface area contributed by atoms with Crippen LogP contribution in [0.15, 0.2) is 29.3 Å². The average molecular weight is 364 g/mol. The van der Waals surface area contributed by atoms with Gasteiger partial charge in [0, 0.05) is 32.7 Å². The highest BCUT2D eigenvalue weighted by Gasteiger charge is 2.19. The molecule has 0 bridgehead atoms. The third kappa shape index (κ3) is 7.62. The van der Waals surface area contributed by atoms with Gasteiger partial charge in [0.15, 0.2) is 5.96 Å². The molecule has 1 aliphatic rings. The molecule has 3 N–H and O–H groups in total. The van der Waals surface area contributed by atoms with E-state index in [0.29, 0.717) is 25.8 Å². The number of guanidine groups is 1. The van der Waals surface area contributed by atoms with E-state index in [1.807, 2.05) is 18.2 Å². The summed E-state index contributed by atoms with van der Waals surface area (Å²) in [5.41, 5.74) is 1.12. The summed E-state index contributed by atoms with van der Waals surface area (Å²) in [5, 5.41) is 16.4. The fourth-order valence-electron chi connectivity index (χ4n) is 3.03. The summed E-state index contributed by atoms with van der Waals surface area (Å²) in [6, 6.07) is 8.45. The molecule has 0 aliphatic heterocycles. The van der Waals surface area contributed by atoms with E-state index in [9.17, 15) is 5.11 Å². The van der Waals surface area contributed by atoms with Crippen molar-refractivity contribution in [1.82, 2.24) is 10.6 Å². The molecule has 0 spiro atoms. The number of nitrogens with one attached hydrogen (secondary N) is 2. The van der Waals surface area contributed by atoms with Crippen LogP contribution in [-0.2, 0) is 11.3 Å². The van der Waals surface area contributed by atoms with Crippen LogP contribution in [0.2, 0.25) is 0 Å². The largest absolute Gasteiger partial charge is 0.493 e. The maximum Gasteiger partial charge on any atom is 0.191 e. The summed E-state index contributed by atoms with van der Waals surface area (Å²) in [6.45, 7) is 4.85. The van der Waals surface area contributed by atoms with Gasteiger partial charge in [-0.2, -0.15) is 0 Å². The van der Waals surface area contributed by atoms with Crippen molar-refractivity contribution in [1.29, 1.82) is 0 Å². The molecule has 0 amide bonds. The molecule has 6 heteroatoms. The van der Waals surface area contributed by atoms with E-state index < -0.39 is 0 Å². The normalized spacial score (nSPS) is 20.7. The van der Waals surface area contributed by atoms with E-state index in [1.54, 1.807) is 7.11 Å². The number of benzene rings is 1. The van der Waals surface area contributed by atoms with Crippen LogP contribution in [0.25, 0.3) is 0 Å². The van der Waals surface area contributed by atoms with Gasteiger partial charge in [-0.3, -0.25) is 0 Å². The molecule has 2 rings (SSSR count). The monoisotopic (exact) mass is 363 g/mol. The number of methoxy groups -OCH3 is 1. The molecule has 0 atom stereocenters. The van der Waals surface area contributed by atoms with Crippen LogP contribution < -0.4 is 15.4 Å². The topological polar surface area (TPSA) is 75.1 Å². The lowest BCUT2D eigenvalue weighted by atomic mass is 9.93. The van der Waals surface area contributed by atoms with Gasteiger partial charge in [-0.15, -0.1) is 0 Å². The van der Waals surface area contributed by atoms with Crippen molar-refractivity contribution < 1.29 is 14.6 Å². The quantitative estimate of drug-likeness (QED) is 0.357. The molecule has 0 radical (unpaired) electrons. The van der Waals surface area contributed by atoms with Gasteiger partial charge in [0.1, 0.15) is 5.75 Å². The van der Waals surface area contributed by atoms with Crippen molar-refractivity contribution in [2.24, 2.45) is 4.99 Å². The van der Waals surface area contributed by atoms with Gasteiger partial charge < -0.3 is 25.2 Å². The van der Waals surface area contributed by atoms with Crippen molar-refractivity contribution >= 4 is 5.96 Å². The van der Waals surface area contributed by atoms with E-state index in [-0.39, 0.29) is 6.10 Å².